The second kappa shape index (κ2) is 8.66. The Labute approximate surface area is 190 Å². The van der Waals surface area contributed by atoms with Crippen molar-refractivity contribution in [2.75, 3.05) is 13.1 Å². The third-order valence-corrected chi connectivity index (χ3v) is 7.07. The molecule has 0 bridgehead atoms. The summed E-state index contributed by atoms with van der Waals surface area (Å²) >= 11 is 0. The predicted octanol–water partition coefficient (Wildman–Crippen LogP) is 3.86. The van der Waals surface area contributed by atoms with Gasteiger partial charge in [0.1, 0.15) is 0 Å². The molecule has 1 aliphatic carbocycles. The molecule has 32 heavy (non-hydrogen) atoms. The van der Waals surface area contributed by atoms with Crippen molar-refractivity contribution in [2.45, 2.75) is 71.4 Å². The lowest BCUT2D eigenvalue weighted by Gasteiger charge is -2.17. The van der Waals surface area contributed by atoms with Crippen LogP contribution in [0.5, 0.6) is 0 Å². The lowest BCUT2D eigenvalue weighted by Crippen LogP contribution is -2.25. The van der Waals surface area contributed by atoms with Gasteiger partial charge in [0.25, 0.3) is 0 Å². The Hall–Kier alpha value is -2.73. The third kappa shape index (κ3) is 4.42. The fourth-order valence-electron chi connectivity index (χ4n) is 4.92. The van der Waals surface area contributed by atoms with Crippen LogP contribution in [0.2, 0.25) is 0 Å². The zero-order chi connectivity index (χ0) is 22.2. The van der Waals surface area contributed by atoms with Crippen molar-refractivity contribution in [1.82, 2.24) is 24.8 Å². The SMILES string of the molecule is Cc1ccccc1CN1CCC(c2cc3nc(C)c(CCC(=O)NC4CC4)c(C)n3n2)C1. The number of fused-ring (bicyclic) bond motifs is 1. The molecule has 1 aromatic carbocycles. The Balaban J connectivity index is 1.29. The van der Waals surface area contributed by atoms with Crippen LogP contribution >= 0.6 is 0 Å². The second-order valence-electron chi connectivity index (χ2n) is 9.59. The maximum Gasteiger partial charge on any atom is 0.220 e. The van der Waals surface area contributed by atoms with E-state index < -0.39 is 0 Å². The van der Waals surface area contributed by atoms with Crippen LogP contribution in [0.15, 0.2) is 30.3 Å². The van der Waals surface area contributed by atoms with E-state index in [2.05, 4.69) is 54.4 Å². The van der Waals surface area contributed by atoms with Gasteiger partial charge in [-0.05, 0) is 69.7 Å². The topological polar surface area (TPSA) is 62.5 Å². The number of amides is 1. The molecule has 6 heteroatoms. The van der Waals surface area contributed by atoms with Crippen LogP contribution in [0.4, 0.5) is 0 Å². The summed E-state index contributed by atoms with van der Waals surface area (Å²) in [6.07, 6.45) is 4.59. The number of nitrogens with one attached hydrogen (secondary N) is 1. The molecule has 2 aliphatic rings. The molecule has 1 amide bonds. The van der Waals surface area contributed by atoms with Crippen molar-refractivity contribution in [3.8, 4) is 0 Å². The maximum atomic E-state index is 12.2. The highest BCUT2D eigenvalue weighted by Crippen LogP contribution is 2.29. The van der Waals surface area contributed by atoms with Gasteiger partial charge in [0.2, 0.25) is 5.91 Å². The van der Waals surface area contributed by atoms with Gasteiger partial charge in [-0.1, -0.05) is 24.3 Å². The number of benzene rings is 1. The summed E-state index contributed by atoms with van der Waals surface area (Å²) in [5, 5.41) is 8.05. The molecule has 0 spiro atoms. The number of carbonyl (C=O) groups is 1. The number of likely N-dealkylation sites (tertiary alicyclic amines) is 1. The molecule has 1 saturated heterocycles. The average molecular weight is 432 g/mol. The number of hydrogen-bond acceptors (Lipinski definition) is 4. The van der Waals surface area contributed by atoms with Gasteiger partial charge in [-0.2, -0.15) is 5.10 Å². The molecule has 1 N–H and O–H groups in total. The Morgan fingerprint density at radius 2 is 1.97 bits per heavy atom. The molecule has 3 heterocycles. The van der Waals surface area contributed by atoms with Gasteiger partial charge in [0.05, 0.1) is 5.69 Å². The summed E-state index contributed by atoms with van der Waals surface area (Å²) in [7, 11) is 0. The summed E-state index contributed by atoms with van der Waals surface area (Å²) in [5.74, 6) is 0.584. The van der Waals surface area contributed by atoms with Crippen molar-refractivity contribution in [3.63, 3.8) is 0 Å². The number of aromatic nitrogens is 3. The first kappa shape index (κ1) is 21.1. The van der Waals surface area contributed by atoms with Gasteiger partial charge < -0.3 is 5.32 Å². The smallest absolute Gasteiger partial charge is 0.220 e. The lowest BCUT2D eigenvalue weighted by molar-refractivity contribution is -0.121. The van der Waals surface area contributed by atoms with E-state index in [1.165, 1.54) is 11.1 Å². The number of hydrogen-bond donors (Lipinski definition) is 1. The largest absolute Gasteiger partial charge is 0.353 e. The van der Waals surface area contributed by atoms with E-state index in [0.717, 1.165) is 67.2 Å². The molecule has 168 valence electrons. The van der Waals surface area contributed by atoms with E-state index in [1.54, 1.807) is 0 Å². The number of rotatable bonds is 7. The molecule has 0 radical (unpaired) electrons. The Morgan fingerprint density at radius 3 is 2.75 bits per heavy atom. The first-order valence-electron chi connectivity index (χ1n) is 11.9. The standard InChI is InChI=1S/C26H33N5O/c1-17-6-4-5-7-20(17)15-30-13-12-21(16-30)24-14-25-27-18(2)23(19(3)31(25)29-24)10-11-26(32)28-22-8-9-22/h4-7,14,21-22H,8-13,15-16H2,1-3H3,(H,28,32). The molecule has 1 unspecified atom stereocenters. The summed E-state index contributed by atoms with van der Waals surface area (Å²) in [5.41, 5.74) is 8.07. The molecule has 5 rings (SSSR count). The van der Waals surface area contributed by atoms with Gasteiger partial charge >= 0.3 is 0 Å². The Bertz CT molecular complexity index is 1150. The van der Waals surface area contributed by atoms with Crippen LogP contribution in [0.25, 0.3) is 5.65 Å². The van der Waals surface area contributed by atoms with E-state index >= 15 is 0 Å². The third-order valence-electron chi connectivity index (χ3n) is 7.07. The lowest BCUT2D eigenvalue weighted by atomic mass is 10.1. The minimum absolute atomic E-state index is 0.146. The van der Waals surface area contributed by atoms with E-state index in [0.29, 0.717) is 24.8 Å². The Morgan fingerprint density at radius 1 is 1.16 bits per heavy atom. The minimum Gasteiger partial charge on any atom is -0.353 e. The van der Waals surface area contributed by atoms with Crippen molar-refractivity contribution in [3.05, 3.63) is 64.1 Å². The highest BCUT2D eigenvalue weighted by atomic mass is 16.1. The average Bonchev–Trinajstić information content (AvgIpc) is 3.28. The van der Waals surface area contributed by atoms with Crippen molar-refractivity contribution in [1.29, 1.82) is 0 Å². The van der Waals surface area contributed by atoms with Crippen LogP contribution < -0.4 is 5.32 Å². The molecular formula is C26H33N5O. The highest BCUT2D eigenvalue weighted by Gasteiger charge is 2.27. The molecule has 2 aromatic heterocycles. The van der Waals surface area contributed by atoms with Crippen molar-refractivity contribution < 1.29 is 4.79 Å². The quantitative estimate of drug-likeness (QED) is 0.617. The van der Waals surface area contributed by atoms with Gasteiger partial charge in [-0.15, -0.1) is 0 Å². The maximum absolute atomic E-state index is 12.2. The zero-order valence-corrected chi connectivity index (χ0v) is 19.4. The molecule has 2 fully saturated rings. The summed E-state index contributed by atoms with van der Waals surface area (Å²) in [6.45, 7) is 9.47. The number of carbonyl (C=O) groups excluding carboxylic acids is 1. The summed E-state index contributed by atoms with van der Waals surface area (Å²) < 4.78 is 1.99. The molecule has 3 aromatic rings. The van der Waals surface area contributed by atoms with Gasteiger partial charge in [-0.3, -0.25) is 9.69 Å². The molecule has 1 atom stereocenters. The predicted molar refractivity (Wildman–Crippen MR) is 126 cm³/mol. The fourth-order valence-corrected chi connectivity index (χ4v) is 4.92. The first-order chi connectivity index (χ1) is 15.5. The first-order valence-corrected chi connectivity index (χ1v) is 11.9. The minimum atomic E-state index is 0.146. The highest BCUT2D eigenvalue weighted by molar-refractivity contribution is 5.76. The van der Waals surface area contributed by atoms with Crippen LogP contribution in [0, 0.1) is 20.8 Å². The van der Waals surface area contributed by atoms with Crippen LogP contribution in [-0.2, 0) is 17.8 Å². The summed E-state index contributed by atoms with van der Waals surface area (Å²) in [4.78, 5) is 19.5. The van der Waals surface area contributed by atoms with Gasteiger partial charge in [0.15, 0.2) is 5.65 Å². The van der Waals surface area contributed by atoms with Crippen LogP contribution in [0.3, 0.4) is 0 Å². The van der Waals surface area contributed by atoms with E-state index in [1.807, 2.05) is 11.4 Å². The van der Waals surface area contributed by atoms with Gasteiger partial charge in [0, 0.05) is 48.9 Å². The molecular weight excluding hydrogens is 398 g/mol. The van der Waals surface area contributed by atoms with E-state index in [9.17, 15) is 4.79 Å². The number of nitrogens with zero attached hydrogens (tertiary/aromatic N) is 4. The van der Waals surface area contributed by atoms with Crippen molar-refractivity contribution in [2.24, 2.45) is 0 Å². The van der Waals surface area contributed by atoms with E-state index in [4.69, 9.17) is 10.1 Å². The molecule has 1 aliphatic heterocycles. The zero-order valence-electron chi connectivity index (χ0n) is 19.4. The normalized spacial score (nSPS) is 19.0. The van der Waals surface area contributed by atoms with Gasteiger partial charge in [-0.25, -0.2) is 9.50 Å². The monoisotopic (exact) mass is 431 g/mol. The molecule has 1 saturated carbocycles. The van der Waals surface area contributed by atoms with Crippen molar-refractivity contribution >= 4 is 11.6 Å². The van der Waals surface area contributed by atoms with Crippen LogP contribution in [-0.4, -0.2) is 44.5 Å². The Kier molecular flexibility index (Phi) is 5.72. The fraction of sp³-hybridized carbons (Fsp3) is 0.500. The molecule has 6 nitrogen and oxygen atoms in total. The van der Waals surface area contributed by atoms with E-state index in [-0.39, 0.29) is 5.91 Å². The van der Waals surface area contributed by atoms with Crippen LogP contribution in [0.1, 0.15) is 65.4 Å². The number of aryl methyl sites for hydroxylation is 3. The summed E-state index contributed by atoms with van der Waals surface area (Å²) in [6, 6.07) is 11.2. The second-order valence-corrected chi connectivity index (χ2v) is 9.59.